The van der Waals surface area contributed by atoms with E-state index in [1.807, 2.05) is 6.26 Å². The molecule has 19 heavy (non-hydrogen) atoms. The Hall–Kier alpha value is -0.810. The first-order chi connectivity index (χ1) is 8.94. The van der Waals surface area contributed by atoms with Gasteiger partial charge in [-0.05, 0) is 31.4 Å². The maximum Gasteiger partial charge on any atom is 0.233 e. The molecule has 0 aromatic carbocycles. The number of thioether (sulfide) groups is 1. The number of carbonyl (C=O) groups excluding carboxylic acids is 2. The third-order valence-electron chi connectivity index (χ3n) is 4.52. The number of β-amino-alcohol motifs (C(OH)–C–C–N with tert-alkyl or cyclic N) is 1. The van der Waals surface area contributed by atoms with E-state index < -0.39 is 5.60 Å². The minimum atomic E-state index is -1.00. The summed E-state index contributed by atoms with van der Waals surface area (Å²) >= 11 is 1.52. The van der Waals surface area contributed by atoms with Crippen molar-refractivity contribution in [2.24, 2.45) is 23.7 Å². The minimum Gasteiger partial charge on any atom is -0.387 e. The quantitative estimate of drug-likeness (QED) is 0.614. The largest absolute Gasteiger partial charge is 0.387 e. The predicted octanol–water partition coefficient (Wildman–Crippen LogP) is 0.907. The summed E-state index contributed by atoms with van der Waals surface area (Å²) in [7, 11) is 0. The van der Waals surface area contributed by atoms with Gasteiger partial charge in [0.2, 0.25) is 11.8 Å². The lowest BCUT2D eigenvalue weighted by Crippen LogP contribution is -2.46. The zero-order valence-electron chi connectivity index (χ0n) is 11.2. The van der Waals surface area contributed by atoms with Crippen molar-refractivity contribution in [3.05, 3.63) is 12.2 Å². The van der Waals surface area contributed by atoms with Crippen LogP contribution in [0.15, 0.2) is 12.2 Å². The van der Waals surface area contributed by atoms with Crippen LogP contribution in [0.4, 0.5) is 0 Å². The van der Waals surface area contributed by atoms with Gasteiger partial charge in [0, 0.05) is 5.75 Å². The first kappa shape index (κ1) is 13.2. The fourth-order valence-electron chi connectivity index (χ4n) is 3.82. The van der Waals surface area contributed by atoms with Crippen LogP contribution in [0.1, 0.15) is 13.3 Å². The molecule has 0 spiro atoms. The molecule has 1 saturated carbocycles. The molecular weight excluding hydrogens is 262 g/mol. The molecule has 5 atom stereocenters. The van der Waals surface area contributed by atoms with Crippen LogP contribution < -0.4 is 0 Å². The molecule has 2 aliphatic carbocycles. The van der Waals surface area contributed by atoms with Gasteiger partial charge in [-0.1, -0.05) is 12.2 Å². The lowest BCUT2D eigenvalue weighted by Gasteiger charge is -2.28. The average molecular weight is 281 g/mol. The lowest BCUT2D eigenvalue weighted by atomic mass is 9.85. The van der Waals surface area contributed by atoms with E-state index in [9.17, 15) is 14.7 Å². The highest BCUT2D eigenvalue weighted by Crippen LogP contribution is 2.52. The van der Waals surface area contributed by atoms with Crippen molar-refractivity contribution in [1.82, 2.24) is 4.90 Å². The average Bonchev–Trinajstić information content (AvgIpc) is 2.98. The van der Waals surface area contributed by atoms with Gasteiger partial charge < -0.3 is 5.11 Å². The van der Waals surface area contributed by atoms with Crippen molar-refractivity contribution in [2.45, 2.75) is 18.9 Å². The number of hydrogen-bond donors (Lipinski definition) is 1. The molecule has 3 rings (SSSR count). The highest BCUT2D eigenvalue weighted by molar-refractivity contribution is 7.98. The molecule has 104 valence electrons. The molecule has 3 aliphatic rings. The van der Waals surface area contributed by atoms with E-state index in [0.717, 1.165) is 6.42 Å². The summed E-state index contributed by atoms with van der Waals surface area (Å²) in [6.07, 6.45) is 7.02. The Morgan fingerprint density at radius 2 is 1.84 bits per heavy atom. The van der Waals surface area contributed by atoms with Crippen LogP contribution in [0.5, 0.6) is 0 Å². The number of amides is 2. The summed E-state index contributed by atoms with van der Waals surface area (Å²) in [5.41, 5.74) is -1.00. The molecule has 1 N–H and O–H groups in total. The summed E-state index contributed by atoms with van der Waals surface area (Å²) in [6.45, 7) is 1.81. The fraction of sp³-hybridized carbons (Fsp3) is 0.714. The Labute approximate surface area is 117 Å². The zero-order valence-corrected chi connectivity index (χ0v) is 12.0. The molecule has 2 bridgehead atoms. The third-order valence-corrected chi connectivity index (χ3v) is 5.43. The van der Waals surface area contributed by atoms with Crippen LogP contribution in [-0.2, 0) is 9.59 Å². The van der Waals surface area contributed by atoms with Gasteiger partial charge >= 0.3 is 0 Å². The summed E-state index contributed by atoms with van der Waals surface area (Å²) in [6, 6.07) is 0. The van der Waals surface area contributed by atoms with Crippen LogP contribution in [0.2, 0.25) is 0 Å². The molecular formula is C14H19NO3S. The van der Waals surface area contributed by atoms with Crippen molar-refractivity contribution >= 4 is 23.6 Å². The topological polar surface area (TPSA) is 57.6 Å². The van der Waals surface area contributed by atoms with Gasteiger partial charge in [-0.3, -0.25) is 14.5 Å². The standard InChI is InChI=1S/C14H19NO3S/c1-14(18,7-19-2)6-15-12(16)10-8-3-4-9(5-8)11(10)13(15)17/h3-4,8-11,18H,5-7H2,1-2H3. The normalized spacial score (nSPS) is 39.0. The van der Waals surface area contributed by atoms with Crippen LogP contribution >= 0.6 is 11.8 Å². The molecule has 2 fully saturated rings. The molecule has 4 nitrogen and oxygen atoms in total. The van der Waals surface area contributed by atoms with Crippen LogP contribution in [-0.4, -0.2) is 46.0 Å². The van der Waals surface area contributed by atoms with Gasteiger partial charge in [-0.2, -0.15) is 11.8 Å². The Balaban J connectivity index is 1.79. The highest BCUT2D eigenvalue weighted by Gasteiger charge is 2.59. The monoisotopic (exact) mass is 281 g/mol. The number of carbonyl (C=O) groups is 2. The number of fused-ring (bicyclic) bond motifs is 5. The van der Waals surface area contributed by atoms with Gasteiger partial charge in [-0.25, -0.2) is 0 Å². The van der Waals surface area contributed by atoms with E-state index in [-0.39, 0.29) is 42.0 Å². The second-order valence-electron chi connectivity index (χ2n) is 6.19. The zero-order chi connectivity index (χ0) is 13.8. The first-order valence-corrected chi connectivity index (χ1v) is 8.09. The van der Waals surface area contributed by atoms with Gasteiger partial charge in [-0.15, -0.1) is 0 Å². The van der Waals surface area contributed by atoms with E-state index >= 15 is 0 Å². The molecule has 0 aromatic heterocycles. The van der Waals surface area contributed by atoms with Gasteiger partial charge in [0.05, 0.1) is 24.0 Å². The maximum absolute atomic E-state index is 12.4. The summed E-state index contributed by atoms with van der Waals surface area (Å²) < 4.78 is 0. The number of nitrogens with zero attached hydrogens (tertiary/aromatic N) is 1. The molecule has 0 aromatic rings. The van der Waals surface area contributed by atoms with Gasteiger partial charge in [0.15, 0.2) is 0 Å². The molecule has 1 saturated heterocycles. The number of rotatable bonds is 4. The Morgan fingerprint density at radius 3 is 2.32 bits per heavy atom. The Kier molecular flexibility index (Phi) is 3.02. The smallest absolute Gasteiger partial charge is 0.233 e. The SMILES string of the molecule is CSCC(C)(O)CN1C(=O)C2C3C=CC(C3)C2C1=O. The fourth-order valence-corrected chi connectivity index (χ4v) is 4.53. The number of allylic oxidation sites excluding steroid dienone is 2. The van der Waals surface area contributed by atoms with Crippen molar-refractivity contribution in [2.75, 3.05) is 18.6 Å². The van der Waals surface area contributed by atoms with E-state index in [2.05, 4.69) is 12.2 Å². The summed E-state index contributed by atoms with van der Waals surface area (Å²) in [5.74, 6) is 0.523. The third kappa shape index (κ3) is 1.94. The van der Waals surface area contributed by atoms with Crippen molar-refractivity contribution in [3.8, 4) is 0 Å². The number of aliphatic hydroxyl groups is 1. The second-order valence-corrected chi connectivity index (χ2v) is 7.06. The van der Waals surface area contributed by atoms with Crippen LogP contribution in [0.25, 0.3) is 0 Å². The van der Waals surface area contributed by atoms with Gasteiger partial charge in [0.1, 0.15) is 0 Å². The molecule has 0 radical (unpaired) electrons. The van der Waals surface area contributed by atoms with Crippen molar-refractivity contribution < 1.29 is 14.7 Å². The maximum atomic E-state index is 12.4. The Bertz CT molecular complexity index is 430. The molecule has 5 unspecified atom stereocenters. The predicted molar refractivity (Wildman–Crippen MR) is 73.4 cm³/mol. The van der Waals surface area contributed by atoms with Crippen molar-refractivity contribution in [3.63, 3.8) is 0 Å². The molecule has 1 heterocycles. The van der Waals surface area contributed by atoms with E-state index in [1.165, 1.54) is 16.7 Å². The molecule has 2 amide bonds. The Morgan fingerprint density at radius 1 is 1.32 bits per heavy atom. The minimum absolute atomic E-state index is 0.0757. The van der Waals surface area contributed by atoms with E-state index in [4.69, 9.17) is 0 Å². The van der Waals surface area contributed by atoms with Crippen LogP contribution in [0, 0.1) is 23.7 Å². The van der Waals surface area contributed by atoms with Crippen molar-refractivity contribution in [1.29, 1.82) is 0 Å². The summed E-state index contributed by atoms with van der Waals surface area (Å²) in [5, 5.41) is 10.2. The van der Waals surface area contributed by atoms with Gasteiger partial charge in [0.25, 0.3) is 0 Å². The number of imide groups is 1. The molecule has 1 aliphatic heterocycles. The van der Waals surface area contributed by atoms with E-state index in [1.54, 1.807) is 6.92 Å². The van der Waals surface area contributed by atoms with Crippen LogP contribution in [0.3, 0.4) is 0 Å². The summed E-state index contributed by atoms with van der Waals surface area (Å²) in [4.78, 5) is 26.1. The number of likely N-dealkylation sites (tertiary alicyclic amines) is 1. The second kappa shape index (κ2) is 4.35. The number of hydrogen-bond acceptors (Lipinski definition) is 4. The lowest BCUT2D eigenvalue weighted by molar-refractivity contribution is -0.144. The first-order valence-electron chi connectivity index (χ1n) is 6.69. The van der Waals surface area contributed by atoms with E-state index in [0.29, 0.717) is 5.75 Å². The molecule has 5 heteroatoms. The highest BCUT2D eigenvalue weighted by atomic mass is 32.2.